The molecule has 2 aromatic rings. The van der Waals surface area contributed by atoms with Gasteiger partial charge in [-0.05, 0) is 30.5 Å². The van der Waals surface area contributed by atoms with Crippen molar-refractivity contribution in [3.63, 3.8) is 0 Å². The summed E-state index contributed by atoms with van der Waals surface area (Å²) in [5, 5.41) is 11.0. The summed E-state index contributed by atoms with van der Waals surface area (Å²) in [6, 6.07) is 19.6. The normalized spacial score (nSPS) is 13.0. The van der Waals surface area contributed by atoms with Crippen LogP contribution in [-0.2, 0) is 5.60 Å². The largest absolute Gasteiger partial charge is 0.373 e. The fourth-order valence-corrected chi connectivity index (χ4v) is 2.32. The van der Waals surface area contributed by atoms with Crippen molar-refractivity contribution < 1.29 is 5.11 Å². The molecule has 0 saturated carbocycles. The van der Waals surface area contributed by atoms with E-state index in [2.05, 4.69) is 18.8 Å². The number of unbranched alkanes of at least 4 members (excludes halogenated alkanes) is 2. The van der Waals surface area contributed by atoms with Crippen LogP contribution in [0, 0.1) is 11.8 Å². The third-order valence-corrected chi connectivity index (χ3v) is 3.58. The smallest absolute Gasteiger partial charge is 0.151 e. The zero-order valence-electron chi connectivity index (χ0n) is 12.5. The maximum absolute atomic E-state index is 11.0. The lowest BCUT2D eigenvalue weighted by Crippen LogP contribution is -2.23. The van der Waals surface area contributed by atoms with Crippen molar-refractivity contribution in [3.8, 4) is 11.8 Å². The molecule has 0 saturated heterocycles. The van der Waals surface area contributed by atoms with Crippen LogP contribution < -0.4 is 0 Å². The van der Waals surface area contributed by atoms with Gasteiger partial charge >= 0.3 is 0 Å². The van der Waals surface area contributed by atoms with Gasteiger partial charge in [0.15, 0.2) is 5.60 Å². The molecular weight excluding hydrogens is 256 g/mol. The summed E-state index contributed by atoms with van der Waals surface area (Å²) in [6.07, 6.45) is 3.90. The van der Waals surface area contributed by atoms with Crippen molar-refractivity contribution in [2.24, 2.45) is 0 Å². The SMILES string of the molecule is CCCCCC(O)(C#Cc1ccccc1)c1ccccc1. The molecule has 108 valence electrons. The Morgan fingerprint density at radius 2 is 1.52 bits per heavy atom. The lowest BCUT2D eigenvalue weighted by Gasteiger charge is -2.22. The summed E-state index contributed by atoms with van der Waals surface area (Å²) >= 11 is 0. The van der Waals surface area contributed by atoms with Gasteiger partial charge in [0.2, 0.25) is 0 Å². The monoisotopic (exact) mass is 278 g/mol. The Bertz CT molecular complexity index is 592. The molecule has 1 unspecified atom stereocenters. The fraction of sp³-hybridized carbons (Fsp3) is 0.300. The minimum atomic E-state index is -1.06. The maximum Gasteiger partial charge on any atom is 0.151 e. The third kappa shape index (κ3) is 4.48. The van der Waals surface area contributed by atoms with Crippen LogP contribution in [0.5, 0.6) is 0 Å². The molecule has 21 heavy (non-hydrogen) atoms. The average molecular weight is 278 g/mol. The van der Waals surface area contributed by atoms with Crippen molar-refractivity contribution in [2.75, 3.05) is 0 Å². The quantitative estimate of drug-likeness (QED) is 0.630. The van der Waals surface area contributed by atoms with E-state index < -0.39 is 5.60 Å². The van der Waals surface area contributed by atoms with Gasteiger partial charge < -0.3 is 5.11 Å². The summed E-state index contributed by atoms with van der Waals surface area (Å²) in [5.41, 5.74) is 0.749. The van der Waals surface area contributed by atoms with Gasteiger partial charge in [0, 0.05) is 5.56 Å². The van der Waals surface area contributed by atoms with E-state index in [1.165, 1.54) is 0 Å². The van der Waals surface area contributed by atoms with Crippen molar-refractivity contribution >= 4 is 0 Å². The van der Waals surface area contributed by atoms with Crippen LogP contribution in [0.2, 0.25) is 0 Å². The number of hydrogen-bond acceptors (Lipinski definition) is 1. The first kappa shape index (κ1) is 15.4. The topological polar surface area (TPSA) is 20.2 Å². The Balaban J connectivity index is 2.26. The molecule has 0 fully saturated rings. The van der Waals surface area contributed by atoms with Gasteiger partial charge in [-0.1, -0.05) is 80.1 Å². The predicted octanol–water partition coefficient (Wildman–Crippen LogP) is 4.51. The van der Waals surface area contributed by atoms with Crippen molar-refractivity contribution in [1.82, 2.24) is 0 Å². The van der Waals surface area contributed by atoms with E-state index in [9.17, 15) is 5.11 Å². The van der Waals surface area contributed by atoms with Gasteiger partial charge in [-0.25, -0.2) is 0 Å². The molecule has 0 aromatic heterocycles. The van der Waals surface area contributed by atoms with E-state index in [-0.39, 0.29) is 0 Å². The number of aliphatic hydroxyl groups is 1. The average Bonchev–Trinajstić information content (AvgIpc) is 2.55. The van der Waals surface area contributed by atoms with Crippen molar-refractivity contribution in [2.45, 2.75) is 38.2 Å². The molecule has 1 nitrogen and oxygen atoms in total. The van der Waals surface area contributed by atoms with Crippen LogP contribution >= 0.6 is 0 Å². The van der Waals surface area contributed by atoms with E-state index in [0.29, 0.717) is 6.42 Å². The van der Waals surface area contributed by atoms with Crippen LogP contribution in [0.3, 0.4) is 0 Å². The highest BCUT2D eigenvalue weighted by Gasteiger charge is 2.25. The molecule has 0 aliphatic rings. The summed E-state index contributed by atoms with van der Waals surface area (Å²) in [6.45, 7) is 2.16. The van der Waals surface area contributed by atoms with E-state index in [0.717, 1.165) is 30.4 Å². The second-order valence-electron chi connectivity index (χ2n) is 5.30. The van der Waals surface area contributed by atoms with Gasteiger partial charge in [0.25, 0.3) is 0 Å². The molecule has 1 N–H and O–H groups in total. The molecule has 0 radical (unpaired) electrons. The molecule has 0 bridgehead atoms. The number of hydrogen-bond donors (Lipinski definition) is 1. The maximum atomic E-state index is 11.0. The third-order valence-electron chi connectivity index (χ3n) is 3.58. The van der Waals surface area contributed by atoms with E-state index in [4.69, 9.17) is 0 Å². The van der Waals surface area contributed by atoms with Crippen LogP contribution in [-0.4, -0.2) is 5.11 Å². The highest BCUT2D eigenvalue weighted by atomic mass is 16.3. The van der Waals surface area contributed by atoms with Gasteiger partial charge in [0.05, 0.1) is 0 Å². The molecule has 0 aliphatic carbocycles. The Labute approximate surface area is 127 Å². The second-order valence-corrected chi connectivity index (χ2v) is 5.30. The Kier molecular flexibility index (Phi) is 5.60. The summed E-state index contributed by atoms with van der Waals surface area (Å²) in [4.78, 5) is 0. The van der Waals surface area contributed by atoms with Gasteiger partial charge in [-0.3, -0.25) is 0 Å². The van der Waals surface area contributed by atoms with E-state index in [1.54, 1.807) is 0 Å². The standard InChI is InChI=1S/C20H22O/c1-2-3-10-16-20(21,19-13-8-5-9-14-19)17-15-18-11-6-4-7-12-18/h4-9,11-14,21H,2-3,10,16H2,1H3. The number of rotatable bonds is 5. The summed E-state index contributed by atoms with van der Waals surface area (Å²) in [7, 11) is 0. The number of benzene rings is 2. The summed E-state index contributed by atoms with van der Waals surface area (Å²) < 4.78 is 0. The Morgan fingerprint density at radius 3 is 2.14 bits per heavy atom. The Hall–Kier alpha value is -2.04. The minimum absolute atomic E-state index is 0.671. The van der Waals surface area contributed by atoms with Crippen molar-refractivity contribution in [3.05, 3.63) is 71.8 Å². The van der Waals surface area contributed by atoms with Crippen molar-refractivity contribution in [1.29, 1.82) is 0 Å². The molecule has 1 heteroatoms. The first-order chi connectivity index (χ1) is 10.2. The molecule has 0 spiro atoms. The molecule has 2 aromatic carbocycles. The molecule has 1 atom stereocenters. The van der Waals surface area contributed by atoms with Gasteiger partial charge in [-0.15, -0.1) is 0 Å². The molecule has 0 amide bonds. The van der Waals surface area contributed by atoms with E-state index in [1.807, 2.05) is 60.7 Å². The van der Waals surface area contributed by atoms with E-state index >= 15 is 0 Å². The molecular formula is C20H22O. The zero-order chi connectivity index (χ0) is 15.0. The molecule has 0 heterocycles. The van der Waals surface area contributed by atoms with Crippen LogP contribution in [0.15, 0.2) is 60.7 Å². The highest BCUT2D eigenvalue weighted by molar-refractivity contribution is 5.39. The van der Waals surface area contributed by atoms with Gasteiger partial charge in [0.1, 0.15) is 0 Å². The first-order valence-corrected chi connectivity index (χ1v) is 7.61. The van der Waals surface area contributed by atoms with Crippen LogP contribution in [0.4, 0.5) is 0 Å². The summed E-state index contributed by atoms with van der Waals surface area (Å²) in [5.74, 6) is 6.20. The molecule has 2 rings (SSSR count). The Morgan fingerprint density at radius 1 is 0.905 bits per heavy atom. The van der Waals surface area contributed by atoms with Crippen LogP contribution in [0.25, 0.3) is 0 Å². The predicted molar refractivity (Wildman–Crippen MR) is 87.8 cm³/mol. The van der Waals surface area contributed by atoms with Gasteiger partial charge in [-0.2, -0.15) is 0 Å². The van der Waals surface area contributed by atoms with Crippen LogP contribution in [0.1, 0.15) is 43.7 Å². The second kappa shape index (κ2) is 7.67. The molecule has 0 aliphatic heterocycles. The first-order valence-electron chi connectivity index (χ1n) is 7.61. The fourth-order valence-electron chi connectivity index (χ4n) is 2.32. The highest BCUT2D eigenvalue weighted by Crippen LogP contribution is 2.27. The lowest BCUT2D eigenvalue weighted by molar-refractivity contribution is 0.0871. The minimum Gasteiger partial charge on any atom is -0.373 e. The zero-order valence-corrected chi connectivity index (χ0v) is 12.5. The lowest BCUT2D eigenvalue weighted by atomic mass is 9.88.